The van der Waals surface area contributed by atoms with Crippen LogP contribution in [0.25, 0.3) is 0 Å². The molecule has 0 atom stereocenters. The number of rotatable bonds is 3. The first-order chi connectivity index (χ1) is 12.4. The number of aryl methyl sites for hydroxylation is 1. The number of amides is 1. The number of fused-ring (bicyclic) bond motifs is 2. The van der Waals surface area contributed by atoms with Crippen LogP contribution in [0.4, 0.5) is 5.69 Å². The van der Waals surface area contributed by atoms with Crippen molar-refractivity contribution >= 4 is 11.6 Å². The van der Waals surface area contributed by atoms with Crippen molar-refractivity contribution < 1.29 is 4.79 Å². The summed E-state index contributed by atoms with van der Waals surface area (Å²) in [6.45, 7) is 5.75. The van der Waals surface area contributed by atoms with Gasteiger partial charge in [0, 0.05) is 11.9 Å². The van der Waals surface area contributed by atoms with Crippen LogP contribution in [0.15, 0.2) is 12.4 Å². The highest BCUT2D eigenvalue weighted by atomic mass is 16.2. The molecule has 0 saturated heterocycles. The maximum Gasteiger partial charge on any atom is 0.251 e. The molecule has 0 unspecified atom stereocenters. The number of aromatic nitrogens is 2. The fourth-order valence-electron chi connectivity index (χ4n) is 4.33. The van der Waals surface area contributed by atoms with Crippen molar-refractivity contribution in [3.63, 3.8) is 0 Å². The van der Waals surface area contributed by atoms with E-state index in [-0.39, 0.29) is 5.91 Å². The average Bonchev–Trinajstić information content (AvgIpc) is 3.34. The average molecular weight is 348 g/mol. The lowest BCUT2D eigenvalue weighted by Gasteiger charge is -2.26. The first-order valence-corrected chi connectivity index (χ1v) is 9.36. The quantitative estimate of drug-likeness (QED) is 0.924. The van der Waals surface area contributed by atoms with Gasteiger partial charge >= 0.3 is 0 Å². The topological polar surface area (TPSA) is 70.7 Å². The Hall–Kier alpha value is -2.61. The molecule has 5 heteroatoms. The van der Waals surface area contributed by atoms with Crippen molar-refractivity contribution in [2.45, 2.75) is 64.8 Å². The molecule has 4 rings (SSSR count). The number of carbonyl (C=O) groups is 1. The number of hydrogen-bond acceptors (Lipinski definition) is 3. The van der Waals surface area contributed by atoms with E-state index in [4.69, 9.17) is 0 Å². The standard InChI is InChI=1S/C21H24N4O/c1-13-11-23-25(12-13)21(2,3)20(26)24-19-16-8-4-6-14(16)18(10-22)15-7-5-9-17(15)19/h11-12H,4-9H2,1-3H3,(H,24,26). The second-order valence-electron chi connectivity index (χ2n) is 7.96. The lowest BCUT2D eigenvalue weighted by molar-refractivity contribution is -0.123. The predicted molar refractivity (Wildman–Crippen MR) is 100 cm³/mol. The van der Waals surface area contributed by atoms with E-state index in [1.54, 1.807) is 10.9 Å². The Morgan fingerprint density at radius 2 is 1.73 bits per heavy atom. The summed E-state index contributed by atoms with van der Waals surface area (Å²) in [7, 11) is 0. The van der Waals surface area contributed by atoms with Gasteiger partial charge in [-0.2, -0.15) is 10.4 Å². The minimum absolute atomic E-state index is 0.0616. The molecule has 1 N–H and O–H groups in total. The van der Waals surface area contributed by atoms with Crippen molar-refractivity contribution in [2.75, 3.05) is 5.32 Å². The number of benzene rings is 1. The van der Waals surface area contributed by atoms with E-state index in [1.165, 1.54) is 11.1 Å². The van der Waals surface area contributed by atoms with Gasteiger partial charge in [-0.05, 0) is 87.1 Å². The van der Waals surface area contributed by atoms with Crippen LogP contribution < -0.4 is 5.32 Å². The van der Waals surface area contributed by atoms with Crippen LogP contribution in [0.2, 0.25) is 0 Å². The van der Waals surface area contributed by atoms with Crippen LogP contribution in [0.1, 0.15) is 60.1 Å². The molecule has 2 aliphatic rings. The first kappa shape index (κ1) is 16.8. The number of nitrogens with zero attached hydrogens (tertiary/aromatic N) is 3. The molecule has 2 aromatic rings. The zero-order valence-electron chi connectivity index (χ0n) is 15.6. The second kappa shape index (κ2) is 5.98. The van der Waals surface area contributed by atoms with E-state index in [9.17, 15) is 10.1 Å². The fraction of sp³-hybridized carbons (Fsp3) is 0.476. The molecule has 0 saturated carbocycles. The van der Waals surface area contributed by atoms with Gasteiger partial charge in [0.15, 0.2) is 0 Å². The van der Waals surface area contributed by atoms with Crippen LogP contribution in [0, 0.1) is 18.3 Å². The monoisotopic (exact) mass is 348 g/mol. The molecular weight excluding hydrogens is 324 g/mol. The molecule has 1 heterocycles. The van der Waals surface area contributed by atoms with Crippen molar-refractivity contribution in [2.24, 2.45) is 0 Å². The molecule has 5 nitrogen and oxygen atoms in total. The fourth-order valence-corrected chi connectivity index (χ4v) is 4.33. The van der Waals surface area contributed by atoms with Gasteiger partial charge in [0.05, 0.1) is 17.8 Å². The number of anilines is 1. The minimum atomic E-state index is -0.779. The van der Waals surface area contributed by atoms with Gasteiger partial charge in [-0.3, -0.25) is 9.48 Å². The van der Waals surface area contributed by atoms with Crippen LogP contribution in [0.3, 0.4) is 0 Å². The number of nitriles is 1. The van der Waals surface area contributed by atoms with Crippen molar-refractivity contribution in [1.82, 2.24) is 9.78 Å². The van der Waals surface area contributed by atoms with Gasteiger partial charge < -0.3 is 5.32 Å². The lowest BCUT2D eigenvalue weighted by atomic mass is 9.92. The molecule has 26 heavy (non-hydrogen) atoms. The Kier molecular flexibility index (Phi) is 3.87. The van der Waals surface area contributed by atoms with Gasteiger partial charge in [-0.15, -0.1) is 0 Å². The Labute approximate surface area is 154 Å². The summed E-state index contributed by atoms with van der Waals surface area (Å²) in [4.78, 5) is 13.2. The largest absolute Gasteiger partial charge is 0.323 e. The molecule has 2 aliphatic carbocycles. The van der Waals surface area contributed by atoms with Gasteiger partial charge in [0.1, 0.15) is 5.54 Å². The van der Waals surface area contributed by atoms with Crippen LogP contribution >= 0.6 is 0 Å². The third kappa shape index (κ3) is 2.44. The molecule has 0 bridgehead atoms. The second-order valence-corrected chi connectivity index (χ2v) is 7.96. The SMILES string of the molecule is Cc1cnn(C(C)(C)C(=O)Nc2c3c(c(C#N)c4c2CCC4)CCC3)c1. The zero-order chi connectivity index (χ0) is 18.5. The summed E-state index contributed by atoms with van der Waals surface area (Å²) in [5.74, 6) is -0.0616. The number of carbonyl (C=O) groups excluding carboxylic acids is 1. The van der Waals surface area contributed by atoms with E-state index in [0.717, 1.165) is 66.5 Å². The van der Waals surface area contributed by atoms with Crippen molar-refractivity contribution in [1.29, 1.82) is 5.26 Å². The maximum atomic E-state index is 13.2. The van der Waals surface area contributed by atoms with Crippen LogP contribution in [-0.2, 0) is 36.0 Å². The van der Waals surface area contributed by atoms with Crippen molar-refractivity contribution in [3.8, 4) is 6.07 Å². The molecule has 0 aliphatic heterocycles. The molecule has 0 spiro atoms. The summed E-state index contributed by atoms with van der Waals surface area (Å²) in [5.41, 5.74) is 6.80. The number of nitrogens with one attached hydrogen (secondary N) is 1. The summed E-state index contributed by atoms with van der Waals surface area (Å²) in [6.07, 6.45) is 9.53. The van der Waals surface area contributed by atoms with Crippen LogP contribution in [-0.4, -0.2) is 15.7 Å². The predicted octanol–water partition coefficient (Wildman–Crippen LogP) is 3.41. The van der Waals surface area contributed by atoms with E-state index in [0.29, 0.717) is 0 Å². The Bertz CT molecular complexity index is 911. The zero-order valence-corrected chi connectivity index (χ0v) is 15.6. The Morgan fingerprint density at radius 3 is 2.23 bits per heavy atom. The van der Waals surface area contributed by atoms with E-state index in [2.05, 4.69) is 16.5 Å². The molecule has 134 valence electrons. The highest BCUT2D eigenvalue weighted by Crippen LogP contribution is 2.41. The molecule has 0 fully saturated rings. The van der Waals surface area contributed by atoms with Gasteiger partial charge in [-0.25, -0.2) is 0 Å². The molecule has 1 amide bonds. The molecule has 1 aromatic carbocycles. The van der Waals surface area contributed by atoms with Crippen LogP contribution in [0.5, 0.6) is 0 Å². The summed E-state index contributed by atoms with van der Waals surface area (Å²) in [5, 5.41) is 17.2. The maximum absolute atomic E-state index is 13.2. The van der Waals surface area contributed by atoms with Crippen molar-refractivity contribution in [3.05, 3.63) is 45.8 Å². The third-order valence-electron chi connectivity index (χ3n) is 5.83. The molecule has 1 aromatic heterocycles. The van der Waals surface area contributed by atoms with E-state index >= 15 is 0 Å². The smallest absolute Gasteiger partial charge is 0.251 e. The van der Waals surface area contributed by atoms with E-state index in [1.807, 2.05) is 27.0 Å². The van der Waals surface area contributed by atoms with E-state index < -0.39 is 5.54 Å². The lowest BCUT2D eigenvalue weighted by Crippen LogP contribution is -2.41. The summed E-state index contributed by atoms with van der Waals surface area (Å²) < 4.78 is 1.72. The highest BCUT2D eigenvalue weighted by molar-refractivity contribution is 5.98. The third-order valence-corrected chi connectivity index (χ3v) is 5.83. The normalized spacial score (nSPS) is 15.5. The summed E-state index contributed by atoms with van der Waals surface area (Å²) in [6, 6.07) is 2.44. The molecule has 0 radical (unpaired) electrons. The van der Waals surface area contributed by atoms with Gasteiger partial charge in [-0.1, -0.05) is 0 Å². The highest BCUT2D eigenvalue weighted by Gasteiger charge is 2.34. The summed E-state index contributed by atoms with van der Waals surface area (Å²) >= 11 is 0. The Balaban J connectivity index is 1.76. The van der Waals surface area contributed by atoms with Gasteiger partial charge in [0.25, 0.3) is 5.91 Å². The van der Waals surface area contributed by atoms with Gasteiger partial charge in [0.2, 0.25) is 0 Å². The Morgan fingerprint density at radius 1 is 1.15 bits per heavy atom. The number of hydrogen-bond donors (Lipinski definition) is 1. The minimum Gasteiger partial charge on any atom is -0.323 e. The molecular formula is C21H24N4O. The first-order valence-electron chi connectivity index (χ1n) is 9.36.